The van der Waals surface area contributed by atoms with Crippen LogP contribution in [-0.2, 0) is 9.59 Å². The number of amides is 1. The highest BCUT2D eigenvalue weighted by atomic mass is 19.1. The average molecular weight is 266 g/mol. The molecule has 0 heterocycles. The summed E-state index contributed by atoms with van der Waals surface area (Å²) in [6.45, 7) is 2.19. The highest BCUT2D eigenvalue weighted by molar-refractivity contribution is 6.36. The Morgan fingerprint density at radius 3 is 2.74 bits per heavy atom. The van der Waals surface area contributed by atoms with Crippen molar-refractivity contribution in [2.45, 2.75) is 13.3 Å². The number of carboxylic acid groups (broad SMARTS) is 1. The largest absolute Gasteiger partial charge is 0.493 e. The van der Waals surface area contributed by atoms with Crippen molar-refractivity contribution in [1.82, 2.24) is 0 Å². The molecular weight excluding hydrogens is 255 g/mol. The SMILES string of the molecule is CCCOc1cc(F)c(C#N)c(NC(=O)C(=O)O)c1. The van der Waals surface area contributed by atoms with Gasteiger partial charge in [-0.05, 0) is 6.42 Å². The first-order chi connectivity index (χ1) is 8.99. The molecule has 100 valence electrons. The van der Waals surface area contributed by atoms with Gasteiger partial charge >= 0.3 is 11.9 Å². The average Bonchev–Trinajstić information content (AvgIpc) is 2.36. The second kappa shape index (κ2) is 6.35. The summed E-state index contributed by atoms with van der Waals surface area (Å²) in [6.07, 6.45) is 0.693. The number of nitriles is 1. The van der Waals surface area contributed by atoms with Crippen LogP contribution in [0.5, 0.6) is 5.75 Å². The number of hydrogen-bond donors (Lipinski definition) is 2. The Morgan fingerprint density at radius 1 is 1.53 bits per heavy atom. The van der Waals surface area contributed by atoms with Gasteiger partial charge in [-0.1, -0.05) is 6.92 Å². The second-order valence-electron chi connectivity index (χ2n) is 3.55. The molecule has 0 radical (unpaired) electrons. The van der Waals surface area contributed by atoms with E-state index in [1.54, 1.807) is 6.07 Å². The molecule has 0 bridgehead atoms. The Bertz CT molecular complexity index is 551. The van der Waals surface area contributed by atoms with Crippen LogP contribution in [-0.4, -0.2) is 23.6 Å². The van der Waals surface area contributed by atoms with E-state index >= 15 is 0 Å². The molecule has 2 N–H and O–H groups in total. The quantitative estimate of drug-likeness (QED) is 0.804. The van der Waals surface area contributed by atoms with Crippen molar-refractivity contribution < 1.29 is 23.8 Å². The van der Waals surface area contributed by atoms with E-state index < -0.39 is 23.3 Å². The van der Waals surface area contributed by atoms with Gasteiger partial charge in [-0.15, -0.1) is 0 Å². The summed E-state index contributed by atoms with van der Waals surface area (Å²) in [4.78, 5) is 21.5. The van der Waals surface area contributed by atoms with Crippen molar-refractivity contribution in [1.29, 1.82) is 5.26 Å². The zero-order valence-corrected chi connectivity index (χ0v) is 10.1. The molecular formula is C12H11FN2O4. The zero-order valence-electron chi connectivity index (χ0n) is 10.1. The van der Waals surface area contributed by atoms with E-state index in [0.29, 0.717) is 13.0 Å². The van der Waals surface area contributed by atoms with Crippen LogP contribution in [0.3, 0.4) is 0 Å². The predicted octanol–water partition coefficient (Wildman–Crippen LogP) is 1.51. The lowest BCUT2D eigenvalue weighted by atomic mass is 10.1. The standard InChI is InChI=1S/C12H11FN2O4/c1-2-3-19-7-4-9(13)8(6-14)10(5-7)15-11(16)12(17)18/h4-5H,2-3H2,1H3,(H,15,16)(H,17,18). The summed E-state index contributed by atoms with van der Waals surface area (Å²) >= 11 is 0. The van der Waals surface area contributed by atoms with Gasteiger partial charge in [-0.3, -0.25) is 4.79 Å². The third-order valence-corrected chi connectivity index (χ3v) is 2.09. The molecule has 7 heteroatoms. The number of halogens is 1. The van der Waals surface area contributed by atoms with E-state index in [4.69, 9.17) is 15.1 Å². The first kappa shape index (κ1) is 14.4. The maximum absolute atomic E-state index is 13.6. The molecule has 1 rings (SSSR count). The van der Waals surface area contributed by atoms with Crippen LogP contribution >= 0.6 is 0 Å². The summed E-state index contributed by atoms with van der Waals surface area (Å²) in [5.74, 6) is -3.87. The van der Waals surface area contributed by atoms with Gasteiger partial charge in [0.1, 0.15) is 23.2 Å². The predicted molar refractivity (Wildman–Crippen MR) is 63.2 cm³/mol. The molecule has 0 spiro atoms. The number of anilines is 1. The molecule has 0 unspecified atom stereocenters. The van der Waals surface area contributed by atoms with Crippen molar-refractivity contribution >= 4 is 17.6 Å². The van der Waals surface area contributed by atoms with Crippen LogP contribution in [0, 0.1) is 17.1 Å². The normalized spacial score (nSPS) is 9.53. The summed E-state index contributed by atoms with van der Waals surface area (Å²) in [6, 6.07) is 3.76. The van der Waals surface area contributed by atoms with Crippen LogP contribution in [0.2, 0.25) is 0 Å². The number of carboxylic acids is 1. The Labute approximate surface area is 108 Å². The van der Waals surface area contributed by atoms with Gasteiger partial charge < -0.3 is 15.2 Å². The number of nitrogens with one attached hydrogen (secondary N) is 1. The van der Waals surface area contributed by atoms with Crippen LogP contribution in [0.4, 0.5) is 10.1 Å². The van der Waals surface area contributed by atoms with E-state index in [0.717, 1.165) is 6.07 Å². The number of carbonyl (C=O) groups excluding carboxylic acids is 1. The molecule has 0 atom stereocenters. The monoisotopic (exact) mass is 266 g/mol. The highest BCUT2D eigenvalue weighted by Crippen LogP contribution is 2.25. The molecule has 0 aliphatic carbocycles. The maximum atomic E-state index is 13.6. The molecule has 0 aromatic heterocycles. The van der Waals surface area contributed by atoms with Crippen LogP contribution in [0.1, 0.15) is 18.9 Å². The number of benzene rings is 1. The van der Waals surface area contributed by atoms with Gasteiger partial charge in [-0.2, -0.15) is 5.26 Å². The number of nitrogens with zero attached hydrogens (tertiary/aromatic N) is 1. The molecule has 0 aliphatic rings. The highest BCUT2D eigenvalue weighted by Gasteiger charge is 2.17. The number of aliphatic carboxylic acids is 1. The summed E-state index contributed by atoms with van der Waals surface area (Å²) in [7, 11) is 0. The summed E-state index contributed by atoms with van der Waals surface area (Å²) in [5, 5.41) is 19.2. The summed E-state index contributed by atoms with van der Waals surface area (Å²) in [5.41, 5.74) is -0.681. The molecule has 1 amide bonds. The number of hydrogen-bond acceptors (Lipinski definition) is 4. The van der Waals surface area contributed by atoms with Gasteiger partial charge in [0.25, 0.3) is 0 Å². The first-order valence-corrected chi connectivity index (χ1v) is 5.40. The van der Waals surface area contributed by atoms with Gasteiger partial charge in [0, 0.05) is 12.1 Å². The van der Waals surface area contributed by atoms with E-state index in [1.807, 2.05) is 12.2 Å². The molecule has 6 nitrogen and oxygen atoms in total. The van der Waals surface area contributed by atoms with Crippen LogP contribution in [0.15, 0.2) is 12.1 Å². The van der Waals surface area contributed by atoms with E-state index in [9.17, 15) is 14.0 Å². The molecule has 0 saturated carbocycles. The van der Waals surface area contributed by atoms with E-state index in [2.05, 4.69) is 0 Å². The minimum Gasteiger partial charge on any atom is -0.493 e. The molecule has 1 aromatic rings. The van der Waals surface area contributed by atoms with Gasteiger partial charge in [0.05, 0.1) is 12.3 Å². The molecule has 0 saturated heterocycles. The lowest BCUT2D eigenvalue weighted by Crippen LogP contribution is -2.22. The van der Waals surface area contributed by atoms with E-state index in [1.165, 1.54) is 6.07 Å². The fourth-order valence-electron chi connectivity index (χ4n) is 1.27. The van der Waals surface area contributed by atoms with Crippen LogP contribution < -0.4 is 10.1 Å². The Balaban J connectivity index is 3.12. The van der Waals surface area contributed by atoms with Gasteiger partial charge in [-0.25, -0.2) is 9.18 Å². The molecule has 1 aromatic carbocycles. The third-order valence-electron chi connectivity index (χ3n) is 2.09. The van der Waals surface area contributed by atoms with Gasteiger partial charge in [0.15, 0.2) is 0 Å². The lowest BCUT2D eigenvalue weighted by Gasteiger charge is -2.10. The van der Waals surface area contributed by atoms with Crippen molar-refractivity contribution in [3.8, 4) is 11.8 Å². The molecule has 19 heavy (non-hydrogen) atoms. The minimum atomic E-state index is -1.73. The Kier molecular flexibility index (Phi) is 4.83. The number of carbonyl (C=O) groups is 2. The van der Waals surface area contributed by atoms with Crippen LogP contribution in [0.25, 0.3) is 0 Å². The second-order valence-corrected chi connectivity index (χ2v) is 3.55. The van der Waals surface area contributed by atoms with E-state index in [-0.39, 0.29) is 11.4 Å². The van der Waals surface area contributed by atoms with Gasteiger partial charge in [0.2, 0.25) is 0 Å². The van der Waals surface area contributed by atoms with Crippen molar-refractivity contribution in [3.63, 3.8) is 0 Å². The fraction of sp³-hybridized carbons (Fsp3) is 0.250. The lowest BCUT2D eigenvalue weighted by molar-refractivity contribution is -0.147. The number of rotatable bonds is 4. The number of ether oxygens (including phenoxy) is 1. The maximum Gasteiger partial charge on any atom is 0.394 e. The minimum absolute atomic E-state index is 0.110. The Morgan fingerprint density at radius 2 is 2.21 bits per heavy atom. The smallest absolute Gasteiger partial charge is 0.394 e. The first-order valence-electron chi connectivity index (χ1n) is 5.40. The van der Waals surface area contributed by atoms with Crippen molar-refractivity contribution in [2.24, 2.45) is 0 Å². The zero-order chi connectivity index (χ0) is 14.4. The third kappa shape index (κ3) is 3.67. The summed E-state index contributed by atoms with van der Waals surface area (Å²) < 4.78 is 18.8. The fourth-order valence-corrected chi connectivity index (χ4v) is 1.27. The molecule has 0 aliphatic heterocycles. The molecule has 0 fully saturated rings. The van der Waals surface area contributed by atoms with Crippen molar-refractivity contribution in [3.05, 3.63) is 23.5 Å². The Hall–Kier alpha value is -2.62. The van der Waals surface area contributed by atoms with Crippen molar-refractivity contribution in [2.75, 3.05) is 11.9 Å². The topological polar surface area (TPSA) is 99.4 Å².